The van der Waals surface area contributed by atoms with E-state index in [1.54, 1.807) is 6.92 Å². The van der Waals surface area contributed by atoms with Gasteiger partial charge in [-0.05, 0) is 19.8 Å². The van der Waals surface area contributed by atoms with Crippen molar-refractivity contribution in [1.29, 1.82) is 0 Å². The number of oxazole rings is 1. The van der Waals surface area contributed by atoms with Gasteiger partial charge in [-0.2, -0.15) is 0 Å². The Labute approximate surface area is 99.1 Å². The normalized spacial score (nSPS) is 20.2. The first-order valence-electron chi connectivity index (χ1n) is 5.73. The number of aromatic nitrogens is 1. The second kappa shape index (κ2) is 5.18. The lowest BCUT2D eigenvalue weighted by Gasteiger charge is -2.18. The van der Waals surface area contributed by atoms with Gasteiger partial charge in [0.1, 0.15) is 0 Å². The Morgan fingerprint density at radius 1 is 1.65 bits per heavy atom. The van der Waals surface area contributed by atoms with Gasteiger partial charge in [0.2, 0.25) is 17.5 Å². The third kappa shape index (κ3) is 2.58. The average molecular weight is 240 g/mol. The van der Waals surface area contributed by atoms with Gasteiger partial charge in [-0.15, -0.1) is 0 Å². The standard InChI is InChI=1S/C11H16N2O4/c1-2-16-11(14)8-9(12)17-10(13-8)7-4-3-5-15-6-7/h7H,2-6,12H2,1H3. The van der Waals surface area contributed by atoms with Gasteiger partial charge in [-0.25, -0.2) is 9.78 Å². The van der Waals surface area contributed by atoms with Crippen LogP contribution in [0, 0.1) is 0 Å². The molecule has 1 aromatic rings. The quantitative estimate of drug-likeness (QED) is 0.802. The Balaban J connectivity index is 2.14. The second-order valence-electron chi connectivity index (χ2n) is 3.90. The lowest BCUT2D eigenvalue weighted by Crippen LogP contribution is -2.16. The maximum Gasteiger partial charge on any atom is 0.362 e. The molecule has 1 fully saturated rings. The minimum atomic E-state index is -0.545. The third-order valence-corrected chi connectivity index (χ3v) is 2.65. The van der Waals surface area contributed by atoms with Crippen LogP contribution in [-0.4, -0.2) is 30.8 Å². The zero-order valence-electron chi connectivity index (χ0n) is 9.77. The first-order chi connectivity index (χ1) is 8.22. The molecule has 6 nitrogen and oxygen atoms in total. The number of anilines is 1. The summed E-state index contributed by atoms with van der Waals surface area (Å²) >= 11 is 0. The van der Waals surface area contributed by atoms with Crippen molar-refractivity contribution in [2.75, 3.05) is 25.6 Å². The van der Waals surface area contributed by atoms with Crippen molar-refractivity contribution in [2.24, 2.45) is 0 Å². The van der Waals surface area contributed by atoms with Crippen molar-refractivity contribution < 1.29 is 18.7 Å². The Morgan fingerprint density at radius 3 is 3.12 bits per heavy atom. The molecule has 1 aromatic heterocycles. The van der Waals surface area contributed by atoms with Crippen LogP contribution in [0.5, 0.6) is 0 Å². The molecule has 0 spiro atoms. The highest BCUT2D eigenvalue weighted by Gasteiger charge is 2.26. The first-order valence-corrected chi connectivity index (χ1v) is 5.73. The number of nitrogens with two attached hydrogens (primary N) is 1. The van der Waals surface area contributed by atoms with Crippen molar-refractivity contribution >= 4 is 11.9 Å². The largest absolute Gasteiger partial charge is 0.461 e. The summed E-state index contributed by atoms with van der Waals surface area (Å²) in [7, 11) is 0. The van der Waals surface area contributed by atoms with E-state index in [1.165, 1.54) is 0 Å². The van der Waals surface area contributed by atoms with Crippen LogP contribution < -0.4 is 5.73 Å². The minimum absolute atomic E-state index is 0.0176. The predicted octanol–water partition coefficient (Wildman–Crippen LogP) is 1.33. The Hall–Kier alpha value is -1.56. The van der Waals surface area contributed by atoms with Gasteiger partial charge < -0.3 is 19.6 Å². The molecule has 1 unspecified atom stereocenters. The molecule has 0 bridgehead atoms. The molecule has 1 aliphatic heterocycles. The Kier molecular flexibility index (Phi) is 3.63. The SMILES string of the molecule is CCOC(=O)c1nc(C2CCCOC2)oc1N. The Morgan fingerprint density at radius 2 is 2.47 bits per heavy atom. The van der Waals surface area contributed by atoms with Crippen molar-refractivity contribution in [1.82, 2.24) is 4.98 Å². The topological polar surface area (TPSA) is 87.6 Å². The molecule has 0 amide bonds. The van der Waals surface area contributed by atoms with Crippen LogP contribution >= 0.6 is 0 Å². The fourth-order valence-corrected chi connectivity index (χ4v) is 1.80. The van der Waals surface area contributed by atoms with E-state index in [9.17, 15) is 4.79 Å². The summed E-state index contributed by atoms with van der Waals surface area (Å²) in [6, 6.07) is 0. The molecule has 0 radical (unpaired) electrons. The number of nitrogens with zero attached hydrogens (tertiary/aromatic N) is 1. The number of nitrogen functional groups attached to an aromatic ring is 1. The number of hydrogen-bond acceptors (Lipinski definition) is 6. The van der Waals surface area contributed by atoms with E-state index in [4.69, 9.17) is 19.6 Å². The van der Waals surface area contributed by atoms with Gasteiger partial charge in [0.15, 0.2) is 0 Å². The fraction of sp³-hybridized carbons (Fsp3) is 0.636. The molecular formula is C11H16N2O4. The van der Waals surface area contributed by atoms with E-state index < -0.39 is 5.97 Å². The van der Waals surface area contributed by atoms with Crippen LogP contribution in [0.4, 0.5) is 5.88 Å². The molecular weight excluding hydrogens is 224 g/mol. The Bertz CT molecular complexity index is 396. The highest BCUT2D eigenvalue weighted by atomic mass is 16.5. The second-order valence-corrected chi connectivity index (χ2v) is 3.90. The summed E-state index contributed by atoms with van der Waals surface area (Å²) in [6.45, 7) is 3.33. The number of ether oxygens (including phenoxy) is 2. The van der Waals surface area contributed by atoms with E-state index in [1.807, 2.05) is 0 Å². The zero-order chi connectivity index (χ0) is 12.3. The lowest BCUT2D eigenvalue weighted by molar-refractivity contribution is 0.0520. The monoisotopic (exact) mass is 240 g/mol. The van der Waals surface area contributed by atoms with Crippen LogP contribution in [0.15, 0.2) is 4.42 Å². The molecule has 0 aliphatic carbocycles. The number of hydrogen-bond donors (Lipinski definition) is 1. The molecule has 1 atom stereocenters. The van der Waals surface area contributed by atoms with Crippen LogP contribution in [0.3, 0.4) is 0 Å². The summed E-state index contributed by atoms with van der Waals surface area (Å²) in [5, 5.41) is 0. The highest BCUT2D eigenvalue weighted by molar-refractivity contribution is 5.91. The number of rotatable bonds is 3. The molecule has 2 rings (SSSR count). The smallest absolute Gasteiger partial charge is 0.362 e. The van der Waals surface area contributed by atoms with Crippen molar-refractivity contribution in [3.05, 3.63) is 11.6 Å². The van der Waals surface area contributed by atoms with Gasteiger partial charge in [0.05, 0.1) is 19.1 Å². The van der Waals surface area contributed by atoms with Crippen molar-refractivity contribution in [3.63, 3.8) is 0 Å². The first kappa shape index (κ1) is 11.9. The molecule has 6 heteroatoms. The molecule has 1 saturated heterocycles. The minimum Gasteiger partial charge on any atom is -0.461 e. The lowest BCUT2D eigenvalue weighted by atomic mass is 10.0. The van der Waals surface area contributed by atoms with Gasteiger partial charge in [0.25, 0.3) is 0 Å². The van der Waals surface area contributed by atoms with E-state index in [0.717, 1.165) is 19.4 Å². The maximum absolute atomic E-state index is 11.5. The molecule has 0 aromatic carbocycles. The molecule has 94 valence electrons. The van der Waals surface area contributed by atoms with E-state index in [-0.39, 0.29) is 24.1 Å². The number of carbonyl (C=O) groups excluding carboxylic acids is 1. The zero-order valence-corrected chi connectivity index (χ0v) is 9.77. The summed E-state index contributed by atoms with van der Waals surface area (Å²) in [4.78, 5) is 15.6. The van der Waals surface area contributed by atoms with Crippen LogP contribution in [-0.2, 0) is 9.47 Å². The van der Waals surface area contributed by atoms with Gasteiger partial charge >= 0.3 is 5.97 Å². The number of carbonyl (C=O) groups is 1. The van der Waals surface area contributed by atoms with Crippen molar-refractivity contribution in [2.45, 2.75) is 25.7 Å². The third-order valence-electron chi connectivity index (χ3n) is 2.65. The maximum atomic E-state index is 11.5. The van der Waals surface area contributed by atoms with Crippen LogP contribution in [0.1, 0.15) is 42.1 Å². The van der Waals surface area contributed by atoms with Gasteiger partial charge in [0, 0.05) is 6.61 Å². The van der Waals surface area contributed by atoms with Gasteiger partial charge in [-0.1, -0.05) is 0 Å². The average Bonchev–Trinajstić information content (AvgIpc) is 2.73. The summed E-state index contributed by atoms with van der Waals surface area (Å²) in [5.41, 5.74) is 5.67. The molecule has 17 heavy (non-hydrogen) atoms. The summed E-state index contributed by atoms with van der Waals surface area (Å²) < 4.78 is 15.5. The molecule has 1 aliphatic rings. The summed E-state index contributed by atoms with van der Waals surface area (Å²) in [5.74, 6) is 0.0141. The molecule has 2 heterocycles. The van der Waals surface area contributed by atoms with E-state index >= 15 is 0 Å². The van der Waals surface area contributed by atoms with Crippen LogP contribution in [0.2, 0.25) is 0 Å². The van der Waals surface area contributed by atoms with Gasteiger partial charge in [-0.3, -0.25) is 0 Å². The highest BCUT2D eigenvalue weighted by Crippen LogP contribution is 2.27. The van der Waals surface area contributed by atoms with Crippen molar-refractivity contribution in [3.8, 4) is 0 Å². The molecule has 2 N–H and O–H groups in total. The molecule has 0 saturated carbocycles. The fourth-order valence-electron chi connectivity index (χ4n) is 1.80. The predicted molar refractivity (Wildman–Crippen MR) is 59.7 cm³/mol. The van der Waals surface area contributed by atoms with E-state index in [2.05, 4.69) is 4.98 Å². The van der Waals surface area contributed by atoms with Crippen LogP contribution in [0.25, 0.3) is 0 Å². The van der Waals surface area contributed by atoms with E-state index in [0.29, 0.717) is 12.5 Å². The summed E-state index contributed by atoms with van der Waals surface area (Å²) in [6.07, 6.45) is 1.89. The number of esters is 1.